The number of tetrazole rings is 1. The first kappa shape index (κ1) is 17.1. The van der Waals surface area contributed by atoms with E-state index in [1.54, 1.807) is 6.07 Å². The van der Waals surface area contributed by atoms with Gasteiger partial charge < -0.3 is 14.8 Å². The normalized spacial score (nSPS) is 16.6. The molecule has 1 aromatic heterocycles. The molecule has 0 atom stereocenters. The summed E-state index contributed by atoms with van der Waals surface area (Å²) in [6.07, 6.45) is 4.73. The smallest absolute Gasteiger partial charge is 0.234 e. The first-order chi connectivity index (χ1) is 12.8. The van der Waals surface area contributed by atoms with Gasteiger partial charge in [-0.05, 0) is 35.4 Å². The Labute approximate surface area is 155 Å². The summed E-state index contributed by atoms with van der Waals surface area (Å²) in [6.45, 7) is 1.08. The Kier molecular flexibility index (Phi) is 5.24. The van der Waals surface area contributed by atoms with Crippen molar-refractivity contribution in [3.05, 3.63) is 24.0 Å². The monoisotopic (exact) mass is 375 g/mol. The number of nitrogens with zero attached hydrogens (tertiary/aromatic N) is 4. The average molecular weight is 375 g/mol. The Bertz CT molecular complexity index is 776. The molecule has 0 radical (unpaired) electrons. The second kappa shape index (κ2) is 7.94. The van der Waals surface area contributed by atoms with Crippen LogP contribution in [-0.2, 0) is 10.5 Å². The van der Waals surface area contributed by atoms with Crippen LogP contribution in [0.5, 0.6) is 11.5 Å². The van der Waals surface area contributed by atoms with E-state index in [0.717, 1.165) is 18.7 Å². The molecule has 0 spiro atoms. The van der Waals surface area contributed by atoms with Gasteiger partial charge in [0.2, 0.25) is 5.91 Å². The summed E-state index contributed by atoms with van der Waals surface area (Å²) in [5, 5.41) is 14.9. The number of carbonyl (C=O) groups is 1. The standard InChI is InChI=1S/C17H21N5O3S/c23-17(18-12-5-6-14-15(9-12)25-8-7-24-14)11-26-10-16-19-20-21-22(16)13-3-1-2-4-13/h5-6,9,13H,1-4,7-8,10-11H2,(H,18,23). The van der Waals surface area contributed by atoms with E-state index in [0.29, 0.717) is 47.9 Å². The highest BCUT2D eigenvalue weighted by Crippen LogP contribution is 2.33. The van der Waals surface area contributed by atoms with E-state index in [-0.39, 0.29) is 5.91 Å². The van der Waals surface area contributed by atoms with Gasteiger partial charge in [-0.25, -0.2) is 4.68 Å². The van der Waals surface area contributed by atoms with Crippen LogP contribution >= 0.6 is 11.8 Å². The van der Waals surface area contributed by atoms with Crippen LogP contribution in [0.1, 0.15) is 37.5 Å². The minimum absolute atomic E-state index is 0.0634. The minimum Gasteiger partial charge on any atom is -0.486 e. The van der Waals surface area contributed by atoms with Crippen molar-refractivity contribution in [2.24, 2.45) is 0 Å². The predicted octanol–water partition coefficient (Wildman–Crippen LogP) is 2.43. The molecule has 9 heteroatoms. The van der Waals surface area contributed by atoms with Crippen molar-refractivity contribution in [1.29, 1.82) is 0 Å². The summed E-state index contributed by atoms with van der Waals surface area (Å²) in [7, 11) is 0. The summed E-state index contributed by atoms with van der Waals surface area (Å²) in [5.41, 5.74) is 0.704. The zero-order valence-electron chi connectivity index (χ0n) is 14.4. The molecule has 1 fully saturated rings. The highest BCUT2D eigenvalue weighted by atomic mass is 32.2. The maximum absolute atomic E-state index is 12.2. The SMILES string of the molecule is O=C(CSCc1nnnn1C1CCCC1)Nc1ccc2c(c1)OCCO2. The van der Waals surface area contributed by atoms with Gasteiger partial charge in [0.25, 0.3) is 0 Å². The van der Waals surface area contributed by atoms with Crippen LogP contribution in [0.15, 0.2) is 18.2 Å². The molecule has 138 valence electrons. The summed E-state index contributed by atoms with van der Waals surface area (Å²) < 4.78 is 12.9. The molecular weight excluding hydrogens is 354 g/mol. The number of aromatic nitrogens is 4. The molecule has 1 saturated carbocycles. The Hall–Kier alpha value is -2.29. The van der Waals surface area contributed by atoms with Crippen LogP contribution in [0, 0.1) is 0 Å². The molecule has 0 bridgehead atoms. The van der Waals surface area contributed by atoms with Gasteiger partial charge in [-0.15, -0.1) is 16.9 Å². The number of rotatable bonds is 6. The number of fused-ring (bicyclic) bond motifs is 1. The molecule has 0 saturated heterocycles. The van der Waals surface area contributed by atoms with Crippen molar-refractivity contribution in [3.63, 3.8) is 0 Å². The number of nitrogens with one attached hydrogen (secondary N) is 1. The van der Waals surface area contributed by atoms with Gasteiger partial charge in [-0.1, -0.05) is 12.8 Å². The van der Waals surface area contributed by atoms with E-state index in [1.165, 1.54) is 24.6 Å². The lowest BCUT2D eigenvalue weighted by Crippen LogP contribution is -2.17. The summed E-state index contributed by atoms with van der Waals surface area (Å²) in [4.78, 5) is 12.2. The second-order valence-electron chi connectivity index (χ2n) is 6.38. The topological polar surface area (TPSA) is 91.2 Å². The number of hydrogen-bond acceptors (Lipinski definition) is 7. The molecular formula is C17H21N5O3S. The fourth-order valence-corrected chi connectivity index (χ4v) is 4.03. The van der Waals surface area contributed by atoms with E-state index in [1.807, 2.05) is 16.8 Å². The average Bonchev–Trinajstić information content (AvgIpc) is 3.33. The van der Waals surface area contributed by atoms with Gasteiger partial charge in [-0.2, -0.15) is 0 Å². The third-order valence-electron chi connectivity index (χ3n) is 4.52. The van der Waals surface area contributed by atoms with Crippen LogP contribution in [0.4, 0.5) is 5.69 Å². The van der Waals surface area contributed by atoms with Crippen LogP contribution < -0.4 is 14.8 Å². The Morgan fingerprint density at radius 2 is 2.04 bits per heavy atom. The molecule has 8 nitrogen and oxygen atoms in total. The van der Waals surface area contributed by atoms with Crippen molar-refractivity contribution in [2.45, 2.75) is 37.5 Å². The molecule has 26 heavy (non-hydrogen) atoms. The Morgan fingerprint density at radius 3 is 2.88 bits per heavy atom. The number of carbonyl (C=O) groups excluding carboxylic acids is 1. The van der Waals surface area contributed by atoms with E-state index in [9.17, 15) is 4.79 Å². The first-order valence-corrected chi connectivity index (χ1v) is 9.99. The quantitative estimate of drug-likeness (QED) is 0.829. The first-order valence-electron chi connectivity index (χ1n) is 8.83. The number of anilines is 1. The fraction of sp³-hybridized carbons (Fsp3) is 0.529. The number of hydrogen-bond donors (Lipinski definition) is 1. The van der Waals surface area contributed by atoms with E-state index >= 15 is 0 Å². The zero-order valence-corrected chi connectivity index (χ0v) is 15.2. The number of ether oxygens (including phenoxy) is 2. The third kappa shape index (κ3) is 3.92. The molecule has 1 aliphatic heterocycles. The Balaban J connectivity index is 1.28. The number of thioether (sulfide) groups is 1. The maximum Gasteiger partial charge on any atom is 0.234 e. The lowest BCUT2D eigenvalue weighted by Gasteiger charge is -2.19. The number of benzene rings is 1. The maximum atomic E-state index is 12.2. The summed E-state index contributed by atoms with van der Waals surface area (Å²) in [5.74, 6) is 3.12. The predicted molar refractivity (Wildman–Crippen MR) is 97.5 cm³/mol. The second-order valence-corrected chi connectivity index (χ2v) is 7.36. The van der Waals surface area contributed by atoms with Crippen molar-refractivity contribution < 1.29 is 14.3 Å². The molecule has 1 N–H and O–H groups in total. The zero-order chi connectivity index (χ0) is 17.8. The van der Waals surface area contributed by atoms with Crippen molar-refractivity contribution in [2.75, 3.05) is 24.3 Å². The molecule has 1 aromatic carbocycles. The van der Waals surface area contributed by atoms with Gasteiger partial charge in [0.15, 0.2) is 17.3 Å². The number of amides is 1. The molecule has 2 heterocycles. The van der Waals surface area contributed by atoms with E-state index < -0.39 is 0 Å². The minimum atomic E-state index is -0.0634. The van der Waals surface area contributed by atoms with E-state index in [4.69, 9.17) is 9.47 Å². The molecule has 4 rings (SSSR count). The van der Waals surface area contributed by atoms with Crippen LogP contribution in [0.2, 0.25) is 0 Å². The third-order valence-corrected chi connectivity index (χ3v) is 5.45. The lowest BCUT2D eigenvalue weighted by atomic mass is 10.2. The van der Waals surface area contributed by atoms with Gasteiger partial charge in [0.05, 0.1) is 17.5 Å². The van der Waals surface area contributed by atoms with Crippen molar-refractivity contribution in [3.8, 4) is 11.5 Å². The fourth-order valence-electron chi connectivity index (χ4n) is 3.29. The van der Waals surface area contributed by atoms with Gasteiger partial charge >= 0.3 is 0 Å². The highest BCUT2D eigenvalue weighted by molar-refractivity contribution is 7.99. The molecule has 1 amide bonds. The van der Waals surface area contributed by atoms with Crippen LogP contribution in [0.25, 0.3) is 0 Å². The van der Waals surface area contributed by atoms with Crippen LogP contribution in [-0.4, -0.2) is 45.1 Å². The van der Waals surface area contributed by atoms with Crippen molar-refractivity contribution >= 4 is 23.4 Å². The lowest BCUT2D eigenvalue weighted by molar-refractivity contribution is -0.113. The van der Waals surface area contributed by atoms with Gasteiger partial charge in [-0.3, -0.25) is 4.79 Å². The summed E-state index contributed by atoms with van der Waals surface area (Å²) >= 11 is 1.51. The molecule has 2 aromatic rings. The highest BCUT2D eigenvalue weighted by Gasteiger charge is 2.21. The summed E-state index contributed by atoms with van der Waals surface area (Å²) in [6, 6.07) is 5.83. The Morgan fingerprint density at radius 1 is 1.23 bits per heavy atom. The molecule has 0 unspecified atom stereocenters. The van der Waals surface area contributed by atoms with Crippen LogP contribution in [0.3, 0.4) is 0 Å². The molecule has 2 aliphatic rings. The largest absolute Gasteiger partial charge is 0.486 e. The van der Waals surface area contributed by atoms with Gasteiger partial charge in [0, 0.05) is 11.8 Å². The van der Waals surface area contributed by atoms with E-state index in [2.05, 4.69) is 20.8 Å². The van der Waals surface area contributed by atoms with Gasteiger partial charge in [0.1, 0.15) is 13.2 Å². The van der Waals surface area contributed by atoms with Crippen molar-refractivity contribution in [1.82, 2.24) is 20.2 Å². The molecule has 1 aliphatic carbocycles.